The van der Waals surface area contributed by atoms with E-state index in [1.807, 2.05) is 11.8 Å². The molecule has 1 atom stereocenters. The molecule has 3 heterocycles. The molecule has 0 aromatic heterocycles. The van der Waals surface area contributed by atoms with Gasteiger partial charge in [-0.3, -0.25) is 4.79 Å². The largest absolute Gasteiger partial charge is 0.335 e. The maximum atomic E-state index is 13.3. The van der Waals surface area contributed by atoms with Gasteiger partial charge in [0.15, 0.2) is 9.84 Å². The molecular weight excluding hydrogens is 426 g/mol. The smallest absolute Gasteiger partial charge is 0.286 e. The van der Waals surface area contributed by atoms with Gasteiger partial charge in [-0.1, -0.05) is 13.3 Å². The molecule has 1 aromatic rings. The molecule has 2 saturated heterocycles. The van der Waals surface area contributed by atoms with Crippen LogP contribution in [0.4, 0.5) is 5.69 Å². The third-order valence-electron chi connectivity index (χ3n) is 5.97. The van der Waals surface area contributed by atoms with Crippen LogP contribution in [-0.4, -0.2) is 64.1 Å². The standard InChI is InChI=1S/C20H27N3O5S2/c1-2-10-22(16-9-12-29(25,26)14-16)20(24)15-7-8-17-18(13-15)30(27,28)21-19-6-4-3-5-11-23(17)19/h7-8,13,16H,2-6,9-12,14H2,1H3. The molecule has 0 aliphatic carbocycles. The van der Waals surface area contributed by atoms with Gasteiger partial charge in [0.1, 0.15) is 10.7 Å². The van der Waals surface area contributed by atoms with Gasteiger partial charge >= 0.3 is 0 Å². The number of hydrogen-bond acceptors (Lipinski definition) is 6. The molecule has 3 aliphatic rings. The lowest BCUT2D eigenvalue weighted by atomic mass is 10.1. The molecule has 30 heavy (non-hydrogen) atoms. The first-order valence-corrected chi connectivity index (χ1v) is 13.7. The summed E-state index contributed by atoms with van der Waals surface area (Å²) in [4.78, 5) is 16.8. The Kier molecular flexibility index (Phi) is 5.65. The summed E-state index contributed by atoms with van der Waals surface area (Å²) in [5.74, 6) is 0.282. The van der Waals surface area contributed by atoms with Crippen LogP contribution in [0.25, 0.3) is 0 Å². The summed E-state index contributed by atoms with van der Waals surface area (Å²) >= 11 is 0. The molecule has 4 rings (SSSR count). The van der Waals surface area contributed by atoms with E-state index in [1.54, 1.807) is 17.0 Å². The van der Waals surface area contributed by atoms with Gasteiger partial charge in [-0.05, 0) is 43.9 Å². The predicted molar refractivity (Wildman–Crippen MR) is 115 cm³/mol. The van der Waals surface area contributed by atoms with Crippen molar-refractivity contribution in [1.82, 2.24) is 4.90 Å². The van der Waals surface area contributed by atoms with Crippen molar-refractivity contribution in [2.45, 2.75) is 56.4 Å². The van der Waals surface area contributed by atoms with Gasteiger partial charge in [-0.15, -0.1) is 4.40 Å². The van der Waals surface area contributed by atoms with Crippen LogP contribution in [0.2, 0.25) is 0 Å². The molecule has 0 radical (unpaired) electrons. The first-order chi connectivity index (χ1) is 14.2. The van der Waals surface area contributed by atoms with Gasteiger partial charge in [-0.25, -0.2) is 8.42 Å². The van der Waals surface area contributed by atoms with Crippen molar-refractivity contribution in [2.24, 2.45) is 4.40 Å². The van der Waals surface area contributed by atoms with Crippen molar-refractivity contribution in [2.75, 3.05) is 29.5 Å². The molecule has 1 amide bonds. The number of fused-ring (bicyclic) bond motifs is 3. The second kappa shape index (κ2) is 7.96. The maximum Gasteiger partial charge on any atom is 0.286 e. The van der Waals surface area contributed by atoms with Gasteiger partial charge < -0.3 is 9.80 Å². The Morgan fingerprint density at radius 1 is 1.20 bits per heavy atom. The predicted octanol–water partition coefficient (Wildman–Crippen LogP) is 2.21. The first kappa shape index (κ1) is 21.3. The minimum Gasteiger partial charge on any atom is -0.335 e. The number of sulfone groups is 1. The summed E-state index contributed by atoms with van der Waals surface area (Å²) in [6.45, 7) is 3.06. The van der Waals surface area contributed by atoms with Gasteiger partial charge in [0.05, 0.1) is 17.2 Å². The number of nitrogens with zero attached hydrogens (tertiary/aromatic N) is 3. The van der Waals surface area contributed by atoms with E-state index in [4.69, 9.17) is 0 Å². The third-order valence-corrected chi connectivity index (χ3v) is 9.05. The lowest BCUT2D eigenvalue weighted by Gasteiger charge is -2.31. The summed E-state index contributed by atoms with van der Waals surface area (Å²) in [6.07, 6.45) is 4.62. The molecule has 1 unspecified atom stereocenters. The minimum atomic E-state index is -3.88. The van der Waals surface area contributed by atoms with Gasteiger partial charge in [0.2, 0.25) is 0 Å². The summed E-state index contributed by atoms with van der Waals surface area (Å²) in [6, 6.07) is 4.38. The molecule has 0 N–H and O–H groups in total. The molecule has 164 valence electrons. The second-order valence-corrected chi connectivity index (χ2v) is 12.0. The Labute approximate surface area is 177 Å². The molecule has 2 fully saturated rings. The van der Waals surface area contributed by atoms with Crippen LogP contribution in [0, 0.1) is 0 Å². The van der Waals surface area contributed by atoms with Crippen LogP contribution in [0.5, 0.6) is 0 Å². The van der Waals surface area contributed by atoms with Gasteiger partial charge in [0, 0.05) is 31.1 Å². The Morgan fingerprint density at radius 3 is 2.70 bits per heavy atom. The van der Waals surface area contributed by atoms with E-state index in [9.17, 15) is 21.6 Å². The Balaban J connectivity index is 1.69. The Bertz CT molecular complexity index is 1100. The summed E-state index contributed by atoms with van der Waals surface area (Å²) in [5, 5.41) is 0. The fraction of sp³-hybridized carbons (Fsp3) is 0.600. The fourth-order valence-electron chi connectivity index (χ4n) is 4.49. The molecule has 0 saturated carbocycles. The monoisotopic (exact) mass is 453 g/mol. The average molecular weight is 454 g/mol. The highest BCUT2D eigenvalue weighted by molar-refractivity contribution is 7.91. The minimum absolute atomic E-state index is 0.0383. The van der Waals surface area contributed by atoms with Crippen molar-refractivity contribution in [3.63, 3.8) is 0 Å². The number of sulfonamides is 1. The molecule has 0 bridgehead atoms. The van der Waals surface area contributed by atoms with E-state index in [1.165, 1.54) is 6.07 Å². The highest BCUT2D eigenvalue weighted by Gasteiger charge is 2.36. The normalized spacial score (nSPS) is 24.4. The maximum absolute atomic E-state index is 13.3. The average Bonchev–Trinajstić information content (AvgIpc) is 2.90. The van der Waals surface area contributed by atoms with E-state index < -0.39 is 19.9 Å². The van der Waals surface area contributed by atoms with E-state index in [0.717, 1.165) is 19.3 Å². The summed E-state index contributed by atoms with van der Waals surface area (Å²) in [5.41, 5.74) is 0.826. The van der Waals surface area contributed by atoms with Crippen molar-refractivity contribution >= 4 is 37.3 Å². The number of rotatable bonds is 4. The quantitative estimate of drug-likeness (QED) is 0.692. The van der Waals surface area contributed by atoms with E-state index in [2.05, 4.69) is 4.40 Å². The lowest BCUT2D eigenvalue weighted by Crippen LogP contribution is -2.42. The Hall–Kier alpha value is -1.94. The van der Waals surface area contributed by atoms with Crippen LogP contribution in [0.3, 0.4) is 0 Å². The zero-order chi connectivity index (χ0) is 21.5. The number of hydrogen-bond donors (Lipinski definition) is 0. The second-order valence-electron chi connectivity index (χ2n) is 8.18. The van der Waals surface area contributed by atoms with E-state index in [0.29, 0.717) is 43.9 Å². The topological polar surface area (TPSA) is 104 Å². The van der Waals surface area contributed by atoms with Crippen molar-refractivity contribution < 1.29 is 21.6 Å². The number of anilines is 1. The molecule has 8 nitrogen and oxygen atoms in total. The van der Waals surface area contributed by atoms with E-state index in [-0.39, 0.29) is 33.9 Å². The SMILES string of the molecule is CCCN(C(=O)c1ccc2c(c1)S(=O)(=O)N=C1CCCCCN12)C1CCS(=O)(=O)C1. The molecule has 0 spiro atoms. The number of benzene rings is 1. The Morgan fingerprint density at radius 2 is 2.00 bits per heavy atom. The highest BCUT2D eigenvalue weighted by Crippen LogP contribution is 2.35. The summed E-state index contributed by atoms with van der Waals surface area (Å²) in [7, 11) is -7.02. The number of amidine groups is 1. The van der Waals surface area contributed by atoms with Crippen LogP contribution in [0.15, 0.2) is 27.5 Å². The molecule has 1 aromatic carbocycles. The zero-order valence-electron chi connectivity index (χ0n) is 17.1. The number of amides is 1. The van der Waals surface area contributed by atoms with Crippen molar-refractivity contribution in [3.05, 3.63) is 23.8 Å². The van der Waals surface area contributed by atoms with Crippen LogP contribution in [0.1, 0.15) is 55.8 Å². The summed E-state index contributed by atoms with van der Waals surface area (Å²) < 4.78 is 53.5. The van der Waals surface area contributed by atoms with Gasteiger partial charge in [-0.2, -0.15) is 8.42 Å². The van der Waals surface area contributed by atoms with Crippen LogP contribution < -0.4 is 4.90 Å². The highest BCUT2D eigenvalue weighted by atomic mass is 32.2. The van der Waals surface area contributed by atoms with E-state index >= 15 is 0 Å². The lowest BCUT2D eigenvalue weighted by molar-refractivity contribution is 0.0697. The van der Waals surface area contributed by atoms with Crippen molar-refractivity contribution in [1.29, 1.82) is 0 Å². The molecule has 3 aliphatic heterocycles. The number of carbonyl (C=O) groups excluding carboxylic acids is 1. The fourth-order valence-corrected chi connectivity index (χ4v) is 7.51. The number of carbonyl (C=O) groups is 1. The zero-order valence-corrected chi connectivity index (χ0v) is 18.7. The van der Waals surface area contributed by atoms with Gasteiger partial charge in [0.25, 0.3) is 15.9 Å². The van der Waals surface area contributed by atoms with Crippen LogP contribution >= 0.6 is 0 Å². The van der Waals surface area contributed by atoms with Crippen LogP contribution in [-0.2, 0) is 19.9 Å². The van der Waals surface area contributed by atoms with Crippen molar-refractivity contribution in [3.8, 4) is 0 Å². The molecule has 10 heteroatoms. The molecular formula is C20H27N3O5S2. The first-order valence-electron chi connectivity index (χ1n) is 10.5. The third kappa shape index (κ3) is 3.99.